The van der Waals surface area contributed by atoms with Crippen molar-refractivity contribution in [2.24, 2.45) is 0 Å². The van der Waals surface area contributed by atoms with Gasteiger partial charge in [-0.05, 0) is 88.6 Å². The Hall–Kier alpha value is -7.22. The monoisotopic (exact) mass is 715 g/mol. The fraction of sp³-hybridized carbons (Fsp3) is 0. The zero-order valence-electron chi connectivity index (χ0n) is 45.7. The minimum absolute atomic E-state index is 0.0343. The molecule has 0 aliphatic carbocycles. The smallest absolute Gasteiger partial charge is 0.143 e. The number of hydrogen-bond acceptors (Lipinski definition) is 1. The highest BCUT2D eigenvalue weighted by Gasteiger charge is 2.25. The molecule has 1 aromatic heterocycles. The van der Waals surface area contributed by atoms with E-state index in [0.29, 0.717) is 39.0 Å². The first-order valence-corrected chi connectivity index (χ1v) is 17.6. The van der Waals surface area contributed by atoms with Crippen molar-refractivity contribution in [1.29, 1.82) is 0 Å². The van der Waals surface area contributed by atoms with E-state index in [9.17, 15) is 9.60 Å². The molecule has 1 heterocycles. The first-order valence-electron chi connectivity index (χ1n) is 26.1. The molecule has 1 heteroatoms. The third kappa shape index (κ3) is 5.01. The average molecular weight is 716 g/mol. The van der Waals surface area contributed by atoms with E-state index in [4.69, 9.17) is 18.1 Å². The van der Waals surface area contributed by atoms with Crippen molar-refractivity contribution in [3.8, 4) is 55.8 Å². The SMILES string of the molecule is [2H]c1c([2H])c([2H])c2c(-c3c(-c4ccccc4)oc4ccccc34)c3c([2H])c([2H])c([2H])c([2H])c3c(-c3ccccc3-c3ccccc3-c3c([2H])c([2H])c4c(c3[2H])c([2H])c([2H])c3c([2H])c([2H])c([2H])c([2H])c34)c2c1[2H]. The number of benzene rings is 10. The Balaban J connectivity index is 1.31. The van der Waals surface area contributed by atoms with Crippen LogP contribution in [0.5, 0.6) is 0 Å². The van der Waals surface area contributed by atoms with Crippen molar-refractivity contribution < 1.29 is 27.7 Å². The molecule has 0 amide bonds. The van der Waals surface area contributed by atoms with Crippen LogP contribution < -0.4 is 0 Å². The molecule has 11 rings (SSSR count). The fourth-order valence-electron chi connectivity index (χ4n) is 7.64. The minimum Gasteiger partial charge on any atom is -0.455 e. The first-order chi connectivity index (χ1) is 34.4. The molecule has 1 nitrogen and oxygen atoms in total. The van der Waals surface area contributed by atoms with Gasteiger partial charge in [-0.2, -0.15) is 0 Å². The van der Waals surface area contributed by atoms with Crippen LogP contribution in [0, 0.1) is 0 Å². The van der Waals surface area contributed by atoms with Crippen LogP contribution >= 0.6 is 0 Å². The molecular formula is C54H34O. The molecule has 55 heavy (non-hydrogen) atoms. The minimum atomic E-state index is -0.646. The molecule has 0 fully saturated rings. The van der Waals surface area contributed by atoms with Crippen LogP contribution in [0.25, 0.3) is 110 Å². The molecule has 0 spiro atoms. The van der Waals surface area contributed by atoms with Crippen molar-refractivity contribution in [3.63, 3.8) is 0 Å². The summed E-state index contributed by atoms with van der Waals surface area (Å²) in [6.45, 7) is 0. The topological polar surface area (TPSA) is 13.1 Å². The molecule has 0 aliphatic heterocycles. The van der Waals surface area contributed by atoms with Crippen LogP contribution in [0.1, 0.15) is 23.3 Å². The Labute approximate surface area is 343 Å². The third-order valence-electron chi connectivity index (χ3n) is 10.0. The second-order valence-electron chi connectivity index (χ2n) is 13.0. The number of furan rings is 1. The van der Waals surface area contributed by atoms with Crippen LogP contribution in [0.15, 0.2) is 210 Å². The van der Waals surface area contributed by atoms with Gasteiger partial charge in [-0.1, -0.05) is 194 Å². The zero-order valence-corrected chi connectivity index (χ0v) is 28.7. The molecule has 0 radical (unpaired) electrons. The Kier molecular flexibility index (Phi) is 4.33. The normalized spacial score (nSPS) is 16.0. The number of fused-ring (bicyclic) bond motifs is 6. The van der Waals surface area contributed by atoms with Gasteiger partial charge >= 0.3 is 0 Å². The molecule has 11 aromatic rings. The van der Waals surface area contributed by atoms with E-state index in [1.165, 1.54) is 0 Å². The Morgan fingerprint density at radius 3 is 1.58 bits per heavy atom. The maximum Gasteiger partial charge on any atom is 0.143 e. The molecule has 0 N–H and O–H groups in total. The lowest BCUT2D eigenvalue weighted by Crippen LogP contribution is -1.94. The lowest BCUT2D eigenvalue weighted by Gasteiger charge is -2.21. The lowest BCUT2D eigenvalue weighted by molar-refractivity contribution is 0.632. The summed E-state index contributed by atoms with van der Waals surface area (Å²) in [6.07, 6.45) is 0. The van der Waals surface area contributed by atoms with E-state index >= 15 is 0 Å². The third-order valence-corrected chi connectivity index (χ3v) is 10.0. The second kappa shape index (κ2) is 12.7. The van der Waals surface area contributed by atoms with E-state index in [0.717, 1.165) is 0 Å². The largest absolute Gasteiger partial charge is 0.455 e. The second-order valence-corrected chi connectivity index (χ2v) is 13.0. The van der Waals surface area contributed by atoms with Gasteiger partial charge < -0.3 is 4.42 Å². The predicted molar refractivity (Wildman–Crippen MR) is 233 cm³/mol. The zero-order chi connectivity index (χ0) is 51.1. The van der Waals surface area contributed by atoms with Crippen molar-refractivity contribution in [3.05, 3.63) is 206 Å². The van der Waals surface area contributed by atoms with Gasteiger partial charge in [0.15, 0.2) is 0 Å². The Bertz CT molecular complexity index is 4160. The van der Waals surface area contributed by atoms with Gasteiger partial charge in [-0.15, -0.1) is 0 Å². The van der Waals surface area contributed by atoms with Gasteiger partial charge in [-0.25, -0.2) is 0 Å². The summed E-state index contributed by atoms with van der Waals surface area (Å²) in [5, 5.41) is -0.815. The van der Waals surface area contributed by atoms with Crippen molar-refractivity contribution in [2.45, 2.75) is 0 Å². The van der Waals surface area contributed by atoms with Gasteiger partial charge in [0.1, 0.15) is 11.3 Å². The molecular weight excluding hydrogens is 665 g/mol. The molecule has 0 saturated heterocycles. The summed E-state index contributed by atoms with van der Waals surface area (Å²) in [5.41, 5.74) is 2.39. The fourth-order valence-corrected chi connectivity index (χ4v) is 7.64. The summed E-state index contributed by atoms with van der Waals surface area (Å²) in [6, 6.07) is 19.9. The molecule has 0 aliphatic rings. The number of para-hydroxylation sites is 1. The molecule has 10 aromatic carbocycles. The van der Waals surface area contributed by atoms with E-state index in [2.05, 4.69) is 0 Å². The van der Waals surface area contributed by atoms with Gasteiger partial charge in [0.25, 0.3) is 0 Å². The lowest BCUT2D eigenvalue weighted by atomic mass is 9.82. The maximum absolute atomic E-state index is 9.71. The van der Waals surface area contributed by atoms with Gasteiger partial charge in [-0.3, -0.25) is 0 Å². The van der Waals surface area contributed by atoms with E-state index in [1.54, 1.807) is 84.9 Å². The first kappa shape index (κ1) is 18.7. The van der Waals surface area contributed by atoms with Crippen molar-refractivity contribution in [1.82, 2.24) is 0 Å². The van der Waals surface area contributed by atoms with Crippen molar-refractivity contribution >= 4 is 54.1 Å². The van der Waals surface area contributed by atoms with Gasteiger partial charge in [0, 0.05) is 22.1 Å². The summed E-state index contributed by atoms with van der Waals surface area (Å²) < 4.78 is 162. The van der Waals surface area contributed by atoms with E-state index in [-0.39, 0.29) is 70.9 Å². The average Bonchev–Trinajstić information content (AvgIpc) is 3.78. The van der Waals surface area contributed by atoms with Crippen LogP contribution in [0.2, 0.25) is 0 Å². The molecule has 0 saturated carbocycles. The van der Waals surface area contributed by atoms with Crippen LogP contribution in [-0.4, -0.2) is 0 Å². The quantitative estimate of drug-likeness (QED) is 0.128. The highest BCUT2D eigenvalue weighted by Crippen LogP contribution is 2.51. The van der Waals surface area contributed by atoms with E-state index in [1.807, 2.05) is 18.2 Å². The highest BCUT2D eigenvalue weighted by atomic mass is 16.3. The summed E-state index contributed by atoms with van der Waals surface area (Å²) in [4.78, 5) is 0. The molecule has 0 atom stereocenters. The Morgan fingerprint density at radius 1 is 0.327 bits per heavy atom. The van der Waals surface area contributed by atoms with Gasteiger partial charge in [0.05, 0.1) is 23.3 Å². The number of hydrogen-bond donors (Lipinski definition) is 0. The molecule has 0 bridgehead atoms. The molecule has 0 unspecified atom stereocenters. The van der Waals surface area contributed by atoms with Crippen LogP contribution in [0.3, 0.4) is 0 Å². The van der Waals surface area contributed by atoms with Crippen LogP contribution in [-0.2, 0) is 0 Å². The summed E-state index contributed by atoms with van der Waals surface area (Å²) in [7, 11) is 0. The summed E-state index contributed by atoms with van der Waals surface area (Å²) >= 11 is 0. The standard InChI is InChI=1S/C54H34O/c1-2-17-36(18-3-1)54-53(49-28-14-15-29-50(49)55-54)52-47-26-12-10-24-45(47)51(46-25-11-13-27-48(46)52)44-23-9-8-22-43(44)42-21-7-6-20-40(42)38-32-33-41-37(34-38)31-30-35-16-4-5-19-39(35)41/h1-34H/i4D,5D,10D,11D,12D,13D,16D,19D,24D,25D,26D,27D,30D,31D,32D,33D,34D. The van der Waals surface area contributed by atoms with Crippen molar-refractivity contribution in [2.75, 3.05) is 0 Å². The molecule has 256 valence electrons. The predicted octanol–water partition coefficient (Wildman–Crippen LogP) is 15.4. The summed E-state index contributed by atoms with van der Waals surface area (Å²) in [5.74, 6) is 0.296. The Morgan fingerprint density at radius 2 is 0.855 bits per heavy atom. The highest BCUT2D eigenvalue weighted by molar-refractivity contribution is 6.25. The van der Waals surface area contributed by atoms with E-state index < -0.39 is 103 Å². The van der Waals surface area contributed by atoms with Crippen LogP contribution in [0.4, 0.5) is 0 Å². The number of rotatable bonds is 5. The van der Waals surface area contributed by atoms with Gasteiger partial charge in [0.2, 0.25) is 0 Å². The maximum atomic E-state index is 9.71.